The molecule has 0 radical (unpaired) electrons. The number of nitrogens with one attached hydrogen (secondary N) is 1. The van der Waals surface area contributed by atoms with E-state index in [1.807, 2.05) is 49.2 Å². The number of amides is 1. The Morgan fingerprint density at radius 1 is 1.26 bits per heavy atom. The Balaban J connectivity index is 1.85. The quantitative estimate of drug-likeness (QED) is 0.649. The van der Waals surface area contributed by atoms with Crippen LogP contribution in [-0.2, 0) is 19.1 Å². The molecule has 7 heteroatoms. The second-order valence-electron chi connectivity index (χ2n) is 6.71. The van der Waals surface area contributed by atoms with Crippen molar-refractivity contribution in [3.8, 4) is 0 Å². The van der Waals surface area contributed by atoms with E-state index in [1.165, 1.54) is 0 Å². The van der Waals surface area contributed by atoms with E-state index in [9.17, 15) is 9.59 Å². The number of likely N-dealkylation sites (N-methyl/N-ethyl adjacent to an activating group) is 1. The molecule has 0 aromatic heterocycles. The standard InChI is InChI=1S/C20H31N3O4/c1-4-22(3)18(17-8-6-5-7-9-17)20(25)27-16(2)19(24)21-10-11-23-12-14-26-15-13-23/h5-9,16,18H,4,10-15H2,1-3H3,(H,21,24). The van der Waals surface area contributed by atoms with Crippen molar-refractivity contribution < 1.29 is 19.1 Å². The Labute approximate surface area is 161 Å². The summed E-state index contributed by atoms with van der Waals surface area (Å²) in [6.07, 6.45) is -0.835. The zero-order valence-corrected chi connectivity index (χ0v) is 16.5. The number of carbonyl (C=O) groups excluding carboxylic acids is 2. The molecule has 2 rings (SSSR count). The van der Waals surface area contributed by atoms with E-state index in [4.69, 9.17) is 9.47 Å². The molecule has 2 atom stereocenters. The predicted octanol–water partition coefficient (Wildman–Crippen LogP) is 1.06. The summed E-state index contributed by atoms with van der Waals surface area (Å²) in [6.45, 7) is 8.78. The second kappa shape index (κ2) is 11.0. The van der Waals surface area contributed by atoms with Crippen LogP contribution in [0, 0.1) is 0 Å². The average molecular weight is 377 g/mol. The first-order valence-electron chi connectivity index (χ1n) is 9.56. The van der Waals surface area contributed by atoms with E-state index in [-0.39, 0.29) is 5.91 Å². The van der Waals surface area contributed by atoms with Gasteiger partial charge in [0.1, 0.15) is 6.04 Å². The van der Waals surface area contributed by atoms with Crippen molar-refractivity contribution in [2.75, 3.05) is 53.0 Å². The number of hydrogen-bond acceptors (Lipinski definition) is 6. The molecule has 0 spiro atoms. The fourth-order valence-electron chi connectivity index (χ4n) is 2.99. The molecule has 2 unspecified atom stereocenters. The predicted molar refractivity (Wildman–Crippen MR) is 103 cm³/mol. The first kappa shape index (κ1) is 21.3. The van der Waals surface area contributed by atoms with Gasteiger partial charge in [0.15, 0.2) is 6.10 Å². The van der Waals surface area contributed by atoms with Gasteiger partial charge in [0.05, 0.1) is 13.2 Å². The van der Waals surface area contributed by atoms with E-state index in [1.54, 1.807) is 6.92 Å². The number of rotatable bonds is 9. The normalized spacial score (nSPS) is 17.3. The Morgan fingerprint density at radius 2 is 1.93 bits per heavy atom. The topological polar surface area (TPSA) is 71.1 Å². The summed E-state index contributed by atoms with van der Waals surface area (Å²) >= 11 is 0. The van der Waals surface area contributed by atoms with Crippen LogP contribution in [0.2, 0.25) is 0 Å². The third-order valence-electron chi connectivity index (χ3n) is 4.77. The van der Waals surface area contributed by atoms with Crippen LogP contribution in [0.25, 0.3) is 0 Å². The SMILES string of the molecule is CCN(C)C(C(=O)OC(C)C(=O)NCCN1CCOCC1)c1ccccc1. The molecule has 1 amide bonds. The Kier molecular flexibility index (Phi) is 8.71. The van der Waals surface area contributed by atoms with E-state index in [0.29, 0.717) is 13.1 Å². The number of benzene rings is 1. The van der Waals surface area contributed by atoms with Gasteiger partial charge in [-0.15, -0.1) is 0 Å². The molecule has 27 heavy (non-hydrogen) atoms. The molecule has 1 aromatic rings. The largest absolute Gasteiger partial charge is 0.451 e. The van der Waals surface area contributed by atoms with Crippen LogP contribution in [0.4, 0.5) is 0 Å². The summed E-state index contributed by atoms with van der Waals surface area (Å²) < 4.78 is 10.8. The monoisotopic (exact) mass is 377 g/mol. The lowest BCUT2D eigenvalue weighted by atomic mass is 10.1. The average Bonchev–Trinajstić information content (AvgIpc) is 2.69. The zero-order chi connectivity index (χ0) is 19.6. The molecule has 1 aliphatic heterocycles. The lowest BCUT2D eigenvalue weighted by Gasteiger charge is -2.27. The number of esters is 1. The number of carbonyl (C=O) groups is 2. The van der Waals surface area contributed by atoms with E-state index >= 15 is 0 Å². The maximum atomic E-state index is 12.7. The minimum Gasteiger partial charge on any atom is -0.451 e. The molecule has 1 N–H and O–H groups in total. The molecule has 0 aliphatic carbocycles. The van der Waals surface area contributed by atoms with Gasteiger partial charge in [-0.1, -0.05) is 37.3 Å². The van der Waals surface area contributed by atoms with Crippen molar-refractivity contribution in [3.63, 3.8) is 0 Å². The van der Waals surface area contributed by atoms with Gasteiger partial charge >= 0.3 is 5.97 Å². The van der Waals surface area contributed by atoms with Gasteiger partial charge in [-0.05, 0) is 26.1 Å². The van der Waals surface area contributed by atoms with Gasteiger partial charge in [-0.25, -0.2) is 4.79 Å². The Morgan fingerprint density at radius 3 is 2.56 bits per heavy atom. The molecular formula is C20H31N3O4. The van der Waals surface area contributed by atoms with E-state index < -0.39 is 18.1 Å². The van der Waals surface area contributed by atoms with E-state index in [2.05, 4.69) is 10.2 Å². The highest BCUT2D eigenvalue weighted by Crippen LogP contribution is 2.21. The second-order valence-corrected chi connectivity index (χ2v) is 6.71. The van der Waals surface area contributed by atoms with Gasteiger partial charge in [0.2, 0.25) is 0 Å². The maximum absolute atomic E-state index is 12.7. The summed E-state index contributed by atoms with van der Waals surface area (Å²) in [5, 5.41) is 2.84. The molecule has 1 heterocycles. The van der Waals surface area contributed by atoms with Crippen LogP contribution in [0.15, 0.2) is 30.3 Å². The molecule has 1 saturated heterocycles. The van der Waals surface area contributed by atoms with Gasteiger partial charge in [-0.2, -0.15) is 0 Å². The summed E-state index contributed by atoms with van der Waals surface area (Å²) in [7, 11) is 1.87. The highest BCUT2D eigenvalue weighted by Gasteiger charge is 2.29. The number of morpholine rings is 1. The van der Waals surface area contributed by atoms with Gasteiger partial charge in [-0.3, -0.25) is 14.6 Å². The summed E-state index contributed by atoms with van der Waals surface area (Å²) in [5.74, 6) is -0.691. The Hall–Kier alpha value is -1.96. The van der Waals surface area contributed by atoms with Gasteiger partial charge in [0.25, 0.3) is 5.91 Å². The van der Waals surface area contributed by atoms with Crippen molar-refractivity contribution in [2.24, 2.45) is 0 Å². The highest BCUT2D eigenvalue weighted by atomic mass is 16.5. The number of hydrogen-bond donors (Lipinski definition) is 1. The minimum atomic E-state index is -0.835. The van der Waals surface area contributed by atoms with Crippen molar-refractivity contribution >= 4 is 11.9 Å². The molecule has 0 saturated carbocycles. The molecule has 0 bridgehead atoms. The fourth-order valence-corrected chi connectivity index (χ4v) is 2.99. The Bertz CT molecular complexity index is 590. The molecule has 150 valence electrons. The van der Waals surface area contributed by atoms with E-state index in [0.717, 1.165) is 38.4 Å². The van der Waals surface area contributed by atoms with Crippen molar-refractivity contribution in [3.05, 3.63) is 35.9 Å². The summed E-state index contributed by atoms with van der Waals surface area (Å²) in [6, 6.07) is 8.94. The number of ether oxygens (including phenoxy) is 2. The van der Waals surface area contributed by atoms with Crippen LogP contribution in [-0.4, -0.2) is 80.8 Å². The van der Waals surface area contributed by atoms with Crippen LogP contribution in [0.3, 0.4) is 0 Å². The van der Waals surface area contributed by atoms with Crippen LogP contribution in [0.5, 0.6) is 0 Å². The maximum Gasteiger partial charge on any atom is 0.328 e. The summed E-state index contributed by atoms with van der Waals surface area (Å²) in [4.78, 5) is 29.1. The molecular weight excluding hydrogens is 346 g/mol. The van der Waals surface area contributed by atoms with Crippen molar-refractivity contribution in [1.29, 1.82) is 0 Å². The third kappa shape index (κ3) is 6.61. The lowest BCUT2D eigenvalue weighted by molar-refractivity contribution is -0.159. The molecule has 1 aliphatic rings. The fraction of sp³-hybridized carbons (Fsp3) is 0.600. The minimum absolute atomic E-state index is 0.275. The van der Waals surface area contributed by atoms with Gasteiger partial charge in [0, 0.05) is 26.2 Å². The van der Waals surface area contributed by atoms with Crippen LogP contribution < -0.4 is 5.32 Å². The first-order valence-corrected chi connectivity index (χ1v) is 9.56. The van der Waals surface area contributed by atoms with Crippen molar-refractivity contribution in [2.45, 2.75) is 26.0 Å². The molecule has 1 aromatic carbocycles. The molecule has 1 fully saturated rings. The highest BCUT2D eigenvalue weighted by molar-refractivity contribution is 5.85. The van der Waals surface area contributed by atoms with Crippen molar-refractivity contribution in [1.82, 2.24) is 15.1 Å². The first-order chi connectivity index (χ1) is 13.0. The molecule has 7 nitrogen and oxygen atoms in total. The summed E-state index contributed by atoms with van der Waals surface area (Å²) in [5.41, 5.74) is 0.853. The van der Waals surface area contributed by atoms with Crippen LogP contribution in [0.1, 0.15) is 25.5 Å². The lowest BCUT2D eigenvalue weighted by Crippen LogP contribution is -2.44. The van der Waals surface area contributed by atoms with Crippen LogP contribution >= 0.6 is 0 Å². The zero-order valence-electron chi connectivity index (χ0n) is 16.5. The van der Waals surface area contributed by atoms with Gasteiger partial charge < -0.3 is 14.8 Å². The number of nitrogens with zero attached hydrogens (tertiary/aromatic N) is 2. The third-order valence-corrected chi connectivity index (χ3v) is 4.77. The smallest absolute Gasteiger partial charge is 0.328 e.